The number of para-hydroxylation sites is 1. The molecular weight excluding hydrogens is 419 g/mol. The van der Waals surface area contributed by atoms with Crippen LogP contribution >= 0.6 is 24.0 Å². The molecule has 0 aliphatic heterocycles. The SMILES string of the molecule is CN=C(NCc1ccc(OC)nc1)NCc1ccccc1OC.I. The molecule has 0 bridgehead atoms. The minimum absolute atomic E-state index is 0. The van der Waals surface area contributed by atoms with Crippen LogP contribution < -0.4 is 20.1 Å². The van der Waals surface area contributed by atoms with Gasteiger partial charge in [0.2, 0.25) is 5.88 Å². The number of aromatic nitrogens is 1. The van der Waals surface area contributed by atoms with Crippen LogP contribution in [0.25, 0.3) is 0 Å². The van der Waals surface area contributed by atoms with Crippen LogP contribution in [0.3, 0.4) is 0 Å². The van der Waals surface area contributed by atoms with Gasteiger partial charge in [0, 0.05) is 38.0 Å². The van der Waals surface area contributed by atoms with Gasteiger partial charge in [-0.25, -0.2) is 4.98 Å². The van der Waals surface area contributed by atoms with E-state index in [4.69, 9.17) is 9.47 Å². The van der Waals surface area contributed by atoms with Crippen molar-refractivity contribution in [3.05, 3.63) is 53.7 Å². The van der Waals surface area contributed by atoms with Crippen LogP contribution in [0.1, 0.15) is 11.1 Å². The number of ether oxygens (including phenoxy) is 2. The first-order chi connectivity index (χ1) is 11.3. The van der Waals surface area contributed by atoms with Gasteiger partial charge in [-0.2, -0.15) is 0 Å². The molecule has 130 valence electrons. The number of aliphatic imine (C=N–C) groups is 1. The van der Waals surface area contributed by atoms with Crippen LogP contribution in [0.2, 0.25) is 0 Å². The number of hydrogen-bond donors (Lipinski definition) is 2. The summed E-state index contributed by atoms with van der Waals surface area (Å²) in [4.78, 5) is 8.39. The first-order valence-electron chi connectivity index (χ1n) is 7.32. The van der Waals surface area contributed by atoms with Crippen LogP contribution in [-0.4, -0.2) is 32.2 Å². The molecule has 0 aliphatic rings. The van der Waals surface area contributed by atoms with E-state index in [1.807, 2.05) is 36.4 Å². The molecule has 2 rings (SSSR count). The summed E-state index contributed by atoms with van der Waals surface area (Å²) < 4.78 is 10.4. The number of methoxy groups -OCH3 is 2. The number of pyridine rings is 1. The van der Waals surface area contributed by atoms with Crippen LogP contribution in [0.15, 0.2) is 47.6 Å². The van der Waals surface area contributed by atoms with E-state index in [0.29, 0.717) is 24.9 Å². The summed E-state index contributed by atoms with van der Waals surface area (Å²) >= 11 is 0. The Hall–Kier alpha value is -2.03. The molecule has 0 saturated heterocycles. The van der Waals surface area contributed by atoms with Gasteiger partial charge in [0.1, 0.15) is 5.75 Å². The molecule has 0 radical (unpaired) electrons. The molecule has 24 heavy (non-hydrogen) atoms. The van der Waals surface area contributed by atoms with Crippen molar-refractivity contribution in [3.8, 4) is 11.6 Å². The van der Waals surface area contributed by atoms with Crippen LogP contribution in [-0.2, 0) is 13.1 Å². The van der Waals surface area contributed by atoms with Gasteiger partial charge < -0.3 is 20.1 Å². The molecule has 7 heteroatoms. The van der Waals surface area contributed by atoms with Crippen molar-refractivity contribution in [2.24, 2.45) is 4.99 Å². The number of halogens is 1. The van der Waals surface area contributed by atoms with Crippen LogP contribution in [0.4, 0.5) is 0 Å². The van der Waals surface area contributed by atoms with Gasteiger partial charge >= 0.3 is 0 Å². The van der Waals surface area contributed by atoms with Crippen molar-refractivity contribution in [1.82, 2.24) is 15.6 Å². The second kappa shape index (κ2) is 10.7. The predicted molar refractivity (Wildman–Crippen MR) is 106 cm³/mol. The molecule has 1 aromatic heterocycles. The van der Waals surface area contributed by atoms with Gasteiger partial charge in [0.25, 0.3) is 0 Å². The molecule has 2 N–H and O–H groups in total. The fourth-order valence-corrected chi connectivity index (χ4v) is 2.07. The van der Waals surface area contributed by atoms with Crippen molar-refractivity contribution < 1.29 is 9.47 Å². The molecule has 2 aromatic rings. The Morgan fingerprint density at radius 1 is 1.04 bits per heavy atom. The number of benzene rings is 1. The minimum atomic E-state index is 0. The van der Waals surface area contributed by atoms with E-state index in [1.165, 1.54) is 0 Å². The van der Waals surface area contributed by atoms with Crippen molar-refractivity contribution in [2.45, 2.75) is 13.1 Å². The van der Waals surface area contributed by atoms with E-state index in [2.05, 4.69) is 20.6 Å². The quantitative estimate of drug-likeness (QED) is 0.409. The maximum absolute atomic E-state index is 5.34. The Kier molecular flexibility index (Phi) is 8.92. The number of hydrogen-bond acceptors (Lipinski definition) is 4. The zero-order chi connectivity index (χ0) is 16.5. The van der Waals surface area contributed by atoms with Gasteiger partial charge in [-0.05, 0) is 11.6 Å². The van der Waals surface area contributed by atoms with E-state index >= 15 is 0 Å². The molecule has 0 aliphatic carbocycles. The monoisotopic (exact) mass is 442 g/mol. The summed E-state index contributed by atoms with van der Waals surface area (Å²) in [6, 6.07) is 11.7. The van der Waals surface area contributed by atoms with Gasteiger partial charge in [0.15, 0.2) is 5.96 Å². The van der Waals surface area contributed by atoms with Gasteiger partial charge in [0.05, 0.1) is 14.2 Å². The number of nitrogens with zero attached hydrogens (tertiary/aromatic N) is 2. The highest BCUT2D eigenvalue weighted by Crippen LogP contribution is 2.16. The molecule has 0 fully saturated rings. The average molecular weight is 442 g/mol. The Bertz CT molecular complexity index is 647. The van der Waals surface area contributed by atoms with Gasteiger partial charge in [-0.1, -0.05) is 24.3 Å². The van der Waals surface area contributed by atoms with E-state index in [1.54, 1.807) is 27.5 Å². The smallest absolute Gasteiger partial charge is 0.212 e. The summed E-state index contributed by atoms with van der Waals surface area (Å²) in [5, 5.41) is 6.52. The van der Waals surface area contributed by atoms with Crippen molar-refractivity contribution >= 4 is 29.9 Å². The lowest BCUT2D eigenvalue weighted by Crippen LogP contribution is -2.36. The third-order valence-corrected chi connectivity index (χ3v) is 3.33. The first-order valence-corrected chi connectivity index (χ1v) is 7.32. The number of nitrogens with one attached hydrogen (secondary N) is 2. The Labute approximate surface area is 159 Å². The zero-order valence-electron chi connectivity index (χ0n) is 14.1. The maximum Gasteiger partial charge on any atom is 0.212 e. The predicted octanol–water partition coefficient (Wildman–Crippen LogP) is 2.58. The molecule has 0 saturated carbocycles. The zero-order valence-corrected chi connectivity index (χ0v) is 16.4. The van der Waals surface area contributed by atoms with Crippen molar-refractivity contribution in [1.29, 1.82) is 0 Å². The normalized spacial score (nSPS) is 10.5. The second-order valence-corrected chi connectivity index (χ2v) is 4.80. The second-order valence-electron chi connectivity index (χ2n) is 4.80. The van der Waals surface area contributed by atoms with Crippen LogP contribution in [0.5, 0.6) is 11.6 Å². The summed E-state index contributed by atoms with van der Waals surface area (Å²) in [7, 11) is 5.01. The third kappa shape index (κ3) is 5.88. The molecule has 0 atom stereocenters. The fourth-order valence-electron chi connectivity index (χ4n) is 2.07. The largest absolute Gasteiger partial charge is 0.496 e. The molecule has 0 unspecified atom stereocenters. The van der Waals surface area contributed by atoms with E-state index in [-0.39, 0.29) is 24.0 Å². The molecule has 0 spiro atoms. The summed E-state index contributed by atoms with van der Waals surface area (Å²) in [6.45, 7) is 1.26. The van der Waals surface area contributed by atoms with E-state index < -0.39 is 0 Å². The van der Waals surface area contributed by atoms with Crippen molar-refractivity contribution in [3.63, 3.8) is 0 Å². The summed E-state index contributed by atoms with van der Waals surface area (Å²) in [5.74, 6) is 2.17. The third-order valence-electron chi connectivity index (χ3n) is 3.33. The van der Waals surface area contributed by atoms with Gasteiger partial charge in [-0.15, -0.1) is 24.0 Å². The van der Waals surface area contributed by atoms with Crippen LogP contribution in [0, 0.1) is 0 Å². The Balaban J connectivity index is 0.00000288. The first kappa shape index (κ1) is 20.0. The van der Waals surface area contributed by atoms with Gasteiger partial charge in [-0.3, -0.25) is 4.99 Å². The lowest BCUT2D eigenvalue weighted by Gasteiger charge is -2.13. The summed E-state index contributed by atoms with van der Waals surface area (Å²) in [5.41, 5.74) is 2.12. The summed E-state index contributed by atoms with van der Waals surface area (Å²) in [6.07, 6.45) is 1.78. The van der Waals surface area contributed by atoms with E-state index in [9.17, 15) is 0 Å². The molecular formula is C17H23IN4O2. The van der Waals surface area contributed by atoms with E-state index in [0.717, 1.165) is 16.9 Å². The minimum Gasteiger partial charge on any atom is -0.496 e. The molecule has 1 aromatic carbocycles. The van der Waals surface area contributed by atoms with Crippen molar-refractivity contribution in [2.75, 3.05) is 21.3 Å². The average Bonchev–Trinajstić information content (AvgIpc) is 2.62. The number of rotatable bonds is 6. The fraction of sp³-hybridized carbons (Fsp3) is 0.294. The maximum atomic E-state index is 5.34. The highest BCUT2D eigenvalue weighted by Gasteiger charge is 2.03. The Morgan fingerprint density at radius 2 is 1.79 bits per heavy atom. The highest BCUT2D eigenvalue weighted by molar-refractivity contribution is 14.0. The molecule has 6 nitrogen and oxygen atoms in total. The number of guanidine groups is 1. The topological polar surface area (TPSA) is 67.8 Å². The Morgan fingerprint density at radius 3 is 2.42 bits per heavy atom. The molecule has 1 heterocycles. The lowest BCUT2D eigenvalue weighted by molar-refractivity contribution is 0.397. The standard InChI is InChI=1S/C17H22N4O2.HI/c1-18-17(20-11-13-8-9-16(23-3)19-10-13)21-12-14-6-4-5-7-15(14)22-2;/h4-10H,11-12H2,1-3H3,(H2,18,20,21);1H. The lowest BCUT2D eigenvalue weighted by atomic mass is 10.2. The molecule has 0 amide bonds. The highest BCUT2D eigenvalue weighted by atomic mass is 127.